The summed E-state index contributed by atoms with van der Waals surface area (Å²) in [5, 5.41) is 3.02. The van der Waals surface area contributed by atoms with Crippen molar-refractivity contribution >= 4 is 103 Å². The smallest absolute Gasteiger partial charge is 0.0605 e. The molecule has 9 unspecified atom stereocenters. The van der Waals surface area contributed by atoms with E-state index in [-0.39, 0.29) is 10.8 Å². The van der Waals surface area contributed by atoms with Crippen molar-refractivity contribution in [1.82, 2.24) is 0 Å². The summed E-state index contributed by atoms with van der Waals surface area (Å²) in [5.74, 6) is 7.65. The van der Waals surface area contributed by atoms with Crippen LogP contribution in [0.5, 0.6) is 0 Å². The lowest BCUT2D eigenvalue weighted by atomic mass is 9.59. The zero-order valence-electron chi connectivity index (χ0n) is 58.9. The summed E-state index contributed by atoms with van der Waals surface area (Å²) in [4.78, 5) is 6.35. The SMILES string of the molecule is CCCCCCc1cccc(C2(c3cccc(C)c3)c3c(sc4c(-c5ccc(SCC(CC)CCCC)s5)c5c(c(-c6ccc(SCC(CC)CCCC)s6)c34)SC3C4SCCC4C(c4cccc(CCCCCC)c4)(c4cccc(CCCCCC)c4)C53)C3SCCC32)c1. The Kier molecular flexibility index (Phi) is 24.5. The van der Waals surface area contributed by atoms with E-state index in [1.807, 2.05) is 0 Å². The van der Waals surface area contributed by atoms with E-state index in [1.165, 1.54) is 199 Å². The van der Waals surface area contributed by atoms with Gasteiger partial charge >= 0.3 is 0 Å². The van der Waals surface area contributed by atoms with Crippen LogP contribution in [0.25, 0.3) is 31.0 Å². The number of rotatable bonds is 35. The summed E-state index contributed by atoms with van der Waals surface area (Å²) < 4.78 is 4.60. The van der Waals surface area contributed by atoms with Crippen LogP contribution in [-0.4, -0.2) is 33.5 Å². The van der Waals surface area contributed by atoms with Crippen molar-refractivity contribution in [3.8, 4) is 20.9 Å². The molecule has 95 heavy (non-hydrogen) atoms. The molecule has 8 heteroatoms. The van der Waals surface area contributed by atoms with Crippen molar-refractivity contribution < 1.29 is 0 Å². The zero-order valence-corrected chi connectivity index (χ0v) is 65.5. The zero-order chi connectivity index (χ0) is 65.5. The fourth-order valence-electron chi connectivity index (χ4n) is 18.3. The second-order valence-electron chi connectivity index (χ2n) is 29.3. The Balaban J connectivity index is 1.13. The number of hydrogen-bond donors (Lipinski definition) is 0. The lowest BCUT2D eigenvalue weighted by Gasteiger charge is -2.43. The van der Waals surface area contributed by atoms with E-state index in [2.05, 4.69) is 270 Å². The summed E-state index contributed by atoms with van der Waals surface area (Å²) >= 11 is 18.0. The average Bonchev–Trinajstić information content (AvgIpc) is 1.50. The lowest BCUT2D eigenvalue weighted by molar-refractivity contribution is 0.350. The molecular weight excluding hydrogens is 1300 g/mol. The second-order valence-corrected chi connectivity index (χ2v) is 38.9. The molecule has 5 aromatic carbocycles. The van der Waals surface area contributed by atoms with Crippen molar-refractivity contribution in [3.05, 3.63) is 182 Å². The van der Waals surface area contributed by atoms with Gasteiger partial charge in [-0.25, -0.2) is 0 Å². The van der Waals surface area contributed by atoms with Crippen molar-refractivity contribution in [1.29, 1.82) is 0 Å². The Morgan fingerprint density at radius 2 is 0.989 bits per heavy atom. The predicted octanol–water partition coefficient (Wildman–Crippen LogP) is 28.5. The standard InChI is InChI=1S/C87H110S8/c1-9-16-21-24-34-61-37-28-41-65(53-61)86(64-40-27-31-58(8)52-64)68-48-50-88-80(68)84-78(86)76-74(70-44-46-72(92-70)90-56-59(14-6)32-19-12-4)83-77(75(82(76)94-84)71-45-47-73(93-71)91-57-60(15-7)33-20-13-5)79-85(95-83)81-69(49-51-89-81)87(79,66-42-29-38-62(54-66)35-25-22-17-10-2)67-43-30-39-63(55-67)36-26-23-18-11-3/h27-31,37-47,52-55,59-60,68-69,79-81,85H,9-26,32-36,48-51,56-57H2,1-8H3. The molecule has 3 fully saturated rings. The molecule has 3 aromatic heterocycles. The van der Waals surface area contributed by atoms with Crippen LogP contribution < -0.4 is 0 Å². The monoisotopic (exact) mass is 1410 g/mol. The van der Waals surface area contributed by atoms with E-state index in [9.17, 15) is 0 Å². The molecule has 0 N–H and O–H groups in total. The van der Waals surface area contributed by atoms with Gasteiger partial charge in [-0.05, 0) is 181 Å². The maximum Gasteiger partial charge on any atom is 0.0605 e. The fraction of sp³-hybridized carbons (Fsp3) is 0.540. The molecule has 5 aliphatic rings. The highest BCUT2D eigenvalue weighted by Crippen LogP contribution is 2.77. The maximum atomic E-state index is 2.80. The summed E-state index contributed by atoms with van der Waals surface area (Å²) in [6.45, 7) is 19.1. The first-order valence-electron chi connectivity index (χ1n) is 38.1. The number of unbranched alkanes of at least 4 members (excludes halogenated alkanes) is 11. The quantitative estimate of drug-likeness (QED) is 0.0286. The second kappa shape index (κ2) is 32.9. The maximum absolute atomic E-state index is 2.80. The Morgan fingerprint density at radius 1 is 0.484 bits per heavy atom. The Labute approximate surface area is 608 Å². The molecule has 6 heterocycles. The van der Waals surface area contributed by atoms with Gasteiger partial charge in [0.1, 0.15) is 0 Å². The van der Waals surface area contributed by atoms with E-state index >= 15 is 0 Å². The van der Waals surface area contributed by atoms with Crippen molar-refractivity contribution in [2.75, 3.05) is 23.0 Å². The van der Waals surface area contributed by atoms with Crippen molar-refractivity contribution in [3.63, 3.8) is 0 Å². The van der Waals surface area contributed by atoms with Gasteiger partial charge < -0.3 is 0 Å². The van der Waals surface area contributed by atoms with Gasteiger partial charge in [-0.15, -0.1) is 69.3 Å². The molecule has 0 nitrogen and oxygen atoms in total. The highest BCUT2D eigenvalue weighted by molar-refractivity contribution is 8.04. The molecule has 1 saturated carbocycles. The van der Waals surface area contributed by atoms with Gasteiger partial charge in [0, 0.05) is 79.3 Å². The number of benzene rings is 5. The van der Waals surface area contributed by atoms with E-state index < -0.39 is 0 Å². The van der Waals surface area contributed by atoms with Gasteiger partial charge in [-0.2, -0.15) is 23.5 Å². The number of hydrogen-bond acceptors (Lipinski definition) is 8. The Bertz CT molecular complexity index is 3760. The van der Waals surface area contributed by atoms with Crippen molar-refractivity contribution in [2.45, 2.75) is 262 Å². The normalized spacial score (nSPS) is 22.1. The van der Waals surface area contributed by atoms with Crippen LogP contribution in [0.2, 0.25) is 0 Å². The molecule has 3 aliphatic heterocycles. The van der Waals surface area contributed by atoms with Crippen LogP contribution >= 0.6 is 92.8 Å². The van der Waals surface area contributed by atoms with Gasteiger partial charge in [0.2, 0.25) is 0 Å². The van der Waals surface area contributed by atoms with Crippen LogP contribution in [0.1, 0.15) is 261 Å². The lowest BCUT2D eigenvalue weighted by Crippen LogP contribution is -2.39. The number of thioether (sulfide) groups is 5. The number of fused-ring (bicyclic) bond motifs is 10. The predicted molar refractivity (Wildman–Crippen MR) is 431 cm³/mol. The van der Waals surface area contributed by atoms with E-state index in [4.69, 9.17) is 0 Å². The van der Waals surface area contributed by atoms with E-state index in [1.54, 1.807) is 69.9 Å². The minimum absolute atomic E-state index is 0.211. The average molecular weight is 1410 g/mol. The minimum atomic E-state index is -0.315. The molecule has 8 aromatic rings. The third-order valence-electron chi connectivity index (χ3n) is 23.2. The van der Waals surface area contributed by atoms with Gasteiger partial charge in [0.15, 0.2) is 0 Å². The summed E-state index contributed by atoms with van der Waals surface area (Å²) in [6.07, 6.45) is 31.9. The molecule has 0 spiro atoms. The number of thiophene rings is 3. The summed E-state index contributed by atoms with van der Waals surface area (Å²) in [5.41, 5.74) is 18.3. The van der Waals surface area contributed by atoms with Gasteiger partial charge in [-0.3, -0.25) is 0 Å². The topological polar surface area (TPSA) is 0 Å². The van der Waals surface area contributed by atoms with E-state index in [0.717, 1.165) is 31.1 Å². The van der Waals surface area contributed by atoms with Crippen LogP contribution in [-0.2, 0) is 30.1 Å². The van der Waals surface area contributed by atoms with Gasteiger partial charge in [0.05, 0.1) is 13.8 Å². The molecule has 0 amide bonds. The first-order chi connectivity index (χ1) is 46.7. The third kappa shape index (κ3) is 14.1. The van der Waals surface area contributed by atoms with Crippen LogP contribution in [0, 0.1) is 30.6 Å². The van der Waals surface area contributed by atoms with Gasteiger partial charge in [-0.1, -0.05) is 247 Å². The molecule has 2 saturated heterocycles. The van der Waals surface area contributed by atoms with Crippen LogP contribution in [0.4, 0.5) is 0 Å². The van der Waals surface area contributed by atoms with Crippen LogP contribution in [0.3, 0.4) is 0 Å². The van der Waals surface area contributed by atoms with E-state index in [0.29, 0.717) is 33.5 Å². The number of aryl methyl sites for hydroxylation is 4. The molecule has 0 bridgehead atoms. The molecule has 13 rings (SSSR count). The first-order valence-corrected chi connectivity index (χ1v) is 45.5. The third-order valence-corrected chi connectivity index (χ3v) is 34.3. The largest absolute Gasteiger partial charge is 0.157 e. The molecular formula is C87H110S8. The first kappa shape index (κ1) is 70.6. The molecule has 9 atom stereocenters. The highest BCUT2D eigenvalue weighted by Gasteiger charge is 2.68. The molecule has 0 radical (unpaired) electrons. The highest BCUT2D eigenvalue weighted by atomic mass is 32.2. The Morgan fingerprint density at radius 3 is 1.54 bits per heavy atom. The molecule has 506 valence electrons. The van der Waals surface area contributed by atoms with Gasteiger partial charge in [0.25, 0.3) is 0 Å². The van der Waals surface area contributed by atoms with Crippen LogP contribution in [0.15, 0.2) is 135 Å². The molecule has 2 aliphatic carbocycles. The van der Waals surface area contributed by atoms with Crippen molar-refractivity contribution in [2.24, 2.45) is 23.7 Å². The summed E-state index contributed by atoms with van der Waals surface area (Å²) in [6, 6.07) is 51.8. The summed E-state index contributed by atoms with van der Waals surface area (Å²) in [7, 11) is 0. The minimum Gasteiger partial charge on any atom is -0.157 e. The fourth-order valence-corrected chi connectivity index (χ4v) is 30.4. The Hall–Kier alpha value is -2.79.